The van der Waals surface area contributed by atoms with Crippen LogP contribution in [0.25, 0.3) is 0 Å². The summed E-state index contributed by atoms with van der Waals surface area (Å²) in [4.78, 5) is 3.87. The molecule has 0 aliphatic heterocycles. The van der Waals surface area contributed by atoms with Crippen LogP contribution in [0.15, 0.2) is 45.0 Å². The Balaban J connectivity index is 1.64. The Kier molecular flexibility index (Phi) is 4.74. The lowest BCUT2D eigenvalue weighted by atomic mass is 10.2. The van der Waals surface area contributed by atoms with Gasteiger partial charge in [0, 0.05) is 15.8 Å². The van der Waals surface area contributed by atoms with Crippen LogP contribution in [0.3, 0.4) is 0 Å². The summed E-state index contributed by atoms with van der Waals surface area (Å²) < 4.78 is 13.6. The second-order valence-electron chi connectivity index (χ2n) is 4.30. The number of aromatic nitrogens is 5. The first-order chi connectivity index (χ1) is 10.7. The molecule has 0 N–H and O–H groups in total. The van der Waals surface area contributed by atoms with Crippen molar-refractivity contribution in [2.45, 2.75) is 17.5 Å². The smallest absolute Gasteiger partial charge is 0.276 e. The van der Waals surface area contributed by atoms with Gasteiger partial charge in [-0.1, -0.05) is 27.7 Å². The summed E-state index contributed by atoms with van der Waals surface area (Å²) in [6.07, 6.45) is 3.06. The van der Waals surface area contributed by atoms with Crippen molar-refractivity contribution in [3.63, 3.8) is 0 Å². The zero-order chi connectivity index (χ0) is 15.4. The molecule has 0 saturated heterocycles. The van der Waals surface area contributed by atoms with E-state index in [0.717, 1.165) is 15.8 Å². The van der Waals surface area contributed by atoms with Gasteiger partial charge in [0.15, 0.2) is 0 Å². The molecule has 0 saturated carbocycles. The predicted octanol–water partition coefficient (Wildman–Crippen LogP) is 2.77. The molecule has 1 aromatic carbocycles. The third-order valence-corrected chi connectivity index (χ3v) is 4.17. The molecule has 7 nitrogen and oxygen atoms in total. The number of benzene rings is 1. The minimum Gasteiger partial charge on any atom is -0.496 e. The van der Waals surface area contributed by atoms with Crippen molar-refractivity contribution in [3.05, 3.63) is 46.8 Å². The Bertz CT molecular complexity index is 747. The van der Waals surface area contributed by atoms with Crippen LogP contribution in [0.4, 0.5) is 0 Å². The molecule has 2 aromatic heterocycles. The van der Waals surface area contributed by atoms with Gasteiger partial charge in [-0.3, -0.25) is 0 Å². The number of halogens is 1. The van der Waals surface area contributed by atoms with E-state index in [1.54, 1.807) is 18.1 Å². The standard InChI is InChI=1S/C13H12BrN5O2S/c1-20-11-3-2-10(14)4-9(11)6-22-13-18-17-12(21-13)5-19-8-15-7-16-19/h2-4,7-8H,5-6H2,1H3. The van der Waals surface area contributed by atoms with Crippen LogP contribution in [0.5, 0.6) is 5.75 Å². The lowest BCUT2D eigenvalue weighted by molar-refractivity contribution is 0.397. The largest absolute Gasteiger partial charge is 0.496 e. The zero-order valence-electron chi connectivity index (χ0n) is 11.6. The molecule has 0 bridgehead atoms. The van der Waals surface area contributed by atoms with E-state index >= 15 is 0 Å². The summed E-state index contributed by atoms with van der Waals surface area (Å²) in [5.74, 6) is 2.00. The van der Waals surface area contributed by atoms with Crippen LogP contribution in [-0.2, 0) is 12.3 Å². The summed E-state index contributed by atoms with van der Waals surface area (Å²) in [7, 11) is 1.65. The van der Waals surface area contributed by atoms with Crippen molar-refractivity contribution < 1.29 is 9.15 Å². The van der Waals surface area contributed by atoms with Crippen molar-refractivity contribution in [2.24, 2.45) is 0 Å². The van der Waals surface area contributed by atoms with E-state index in [-0.39, 0.29) is 0 Å². The lowest BCUT2D eigenvalue weighted by Crippen LogP contribution is -1.99. The number of hydrogen-bond donors (Lipinski definition) is 0. The molecule has 0 fully saturated rings. The van der Waals surface area contributed by atoms with Crippen LogP contribution in [-0.4, -0.2) is 32.1 Å². The number of nitrogens with zero attached hydrogens (tertiary/aromatic N) is 5. The van der Waals surface area contributed by atoms with E-state index in [2.05, 4.69) is 36.2 Å². The molecule has 3 aromatic rings. The molecule has 0 aliphatic carbocycles. The summed E-state index contributed by atoms with van der Waals surface area (Å²) >= 11 is 4.92. The van der Waals surface area contributed by atoms with E-state index in [1.807, 2.05) is 18.2 Å². The van der Waals surface area contributed by atoms with E-state index < -0.39 is 0 Å². The molecule has 114 valence electrons. The van der Waals surface area contributed by atoms with Crippen molar-refractivity contribution in [1.82, 2.24) is 25.0 Å². The first-order valence-corrected chi connectivity index (χ1v) is 8.12. The summed E-state index contributed by atoms with van der Waals surface area (Å²) in [6.45, 7) is 0.410. The van der Waals surface area contributed by atoms with Gasteiger partial charge < -0.3 is 9.15 Å². The van der Waals surface area contributed by atoms with Crippen LogP contribution >= 0.6 is 27.7 Å². The molecular formula is C13H12BrN5O2S. The maximum absolute atomic E-state index is 5.58. The van der Waals surface area contributed by atoms with Gasteiger partial charge in [-0.2, -0.15) is 5.10 Å². The summed E-state index contributed by atoms with van der Waals surface area (Å²) in [6, 6.07) is 5.87. The van der Waals surface area contributed by atoms with Crippen LogP contribution in [0, 0.1) is 0 Å². The highest BCUT2D eigenvalue weighted by Gasteiger charge is 2.10. The Morgan fingerprint density at radius 1 is 1.36 bits per heavy atom. The van der Waals surface area contributed by atoms with Gasteiger partial charge in [0.05, 0.1) is 7.11 Å². The fourth-order valence-electron chi connectivity index (χ4n) is 1.81. The van der Waals surface area contributed by atoms with Crippen molar-refractivity contribution in [3.8, 4) is 5.75 Å². The van der Waals surface area contributed by atoms with Crippen molar-refractivity contribution in [2.75, 3.05) is 7.11 Å². The molecule has 0 aliphatic rings. The maximum atomic E-state index is 5.58. The van der Waals surface area contributed by atoms with Gasteiger partial charge in [-0.25, -0.2) is 9.67 Å². The van der Waals surface area contributed by atoms with Crippen LogP contribution in [0.2, 0.25) is 0 Å². The molecular weight excluding hydrogens is 370 g/mol. The number of ether oxygens (including phenoxy) is 1. The van der Waals surface area contributed by atoms with Gasteiger partial charge in [-0.05, 0) is 18.2 Å². The Hall–Kier alpha value is -1.87. The third-order valence-electron chi connectivity index (χ3n) is 2.81. The molecule has 9 heteroatoms. The molecule has 22 heavy (non-hydrogen) atoms. The number of rotatable bonds is 6. The molecule has 3 rings (SSSR count). The number of hydrogen-bond acceptors (Lipinski definition) is 7. The minimum atomic E-state index is 0.410. The van der Waals surface area contributed by atoms with E-state index in [1.165, 1.54) is 18.1 Å². The first-order valence-electron chi connectivity index (χ1n) is 6.34. The fourth-order valence-corrected chi connectivity index (χ4v) is 2.98. The molecule has 0 radical (unpaired) electrons. The zero-order valence-corrected chi connectivity index (χ0v) is 14.0. The summed E-state index contributed by atoms with van der Waals surface area (Å²) in [5, 5.41) is 12.5. The van der Waals surface area contributed by atoms with E-state index in [9.17, 15) is 0 Å². The average molecular weight is 382 g/mol. The highest BCUT2D eigenvalue weighted by atomic mass is 79.9. The van der Waals surface area contributed by atoms with Crippen molar-refractivity contribution in [1.29, 1.82) is 0 Å². The molecule has 2 heterocycles. The molecule has 0 unspecified atom stereocenters. The van der Waals surface area contributed by atoms with Gasteiger partial charge in [0.25, 0.3) is 5.22 Å². The van der Waals surface area contributed by atoms with Gasteiger partial charge in [0.1, 0.15) is 24.9 Å². The quantitative estimate of drug-likeness (QED) is 0.607. The SMILES string of the molecule is COc1ccc(Br)cc1CSc1nnc(Cn2cncn2)o1. The maximum Gasteiger partial charge on any atom is 0.276 e. The van der Waals surface area contributed by atoms with E-state index in [0.29, 0.717) is 23.4 Å². The van der Waals surface area contributed by atoms with Crippen LogP contribution < -0.4 is 4.74 Å². The second kappa shape index (κ2) is 6.93. The van der Waals surface area contributed by atoms with Crippen LogP contribution in [0.1, 0.15) is 11.5 Å². The van der Waals surface area contributed by atoms with Gasteiger partial charge in [-0.15, -0.1) is 10.2 Å². The fraction of sp³-hybridized carbons (Fsp3) is 0.231. The third kappa shape index (κ3) is 3.66. The number of methoxy groups -OCH3 is 1. The molecule has 0 amide bonds. The van der Waals surface area contributed by atoms with Gasteiger partial charge >= 0.3 is 0 Å². The highest BCUT2D eigenvalue weighted by molar-refractivity contribution is 9.10. The molecule has 0 atom stereocenters. The molecule has 0 spiro atoms. The Labute approximate surface area is 139 Å². The Morgan fingerprint density at radius 3 is 3.05 bits per heavy atom. The van der Waals surface area contributed by atoms with Crippen molar-refractivity contribution >= 4 is 27.7 Å². The Morgan fingerprint density at radius 2 is 2.27 bits per heavy atom. The average Bonchev–Trinajstić information content (AvgIpc) is 3.18. The first kappa shape index (κ1) is 15.0. The topological polar surface area (TPSA) is 78.9 Å². The highest BCUT2D eigenvalue weighted by Crippen LogP contribution is 2.29. The lowest BCUT2D eigenvalue weighted by Gasteiger charge is -2.07. The minimum absolute atomic E-state index is 0.410. The summed E-state index contributed by atoms with van der Waals surface area (Å²) in [5.41, 5.74) is 1.05. The van der Waals surface area contributed by atoms with Gasteiger partial charge in [0.2, 0.25) is 5.89 Å². The van der Waals surface area contributed by atoms with E-state index in [4.69, 9.17) is 9.15 Å². The predicted molar refractivity (Wildman–Crippen MR) is 83.7 cm³/mol. The normalized spacial score (nSPS) is 10.8. The monoisotopic (exact) mass is 381 g/mol. The number of thioether (sulfide) groups is 1. The second-order valence-corrected chi connectivity index (χ2v) is 6.14.